The molecule has 32 heavy (non-hydrogen) atoms. The lowest BCUT2D eigenvalue weighted by atomic mass is 10.1. The van der Waals surface area contributed by atoms with Crippen molar-refractivity contribution < 1.29 is 18.7 Å². The fourth-order valence-corrected chi connectivity index (χ4v) is 3.69. The highest BCUT2D eigenvalue weighted by molar-refractivity contribution is 5.63. The fourth-order valence-electron chi connectivity index (χ4n) is 3.69. The van der Waals surface area contributed by atoms with Gasteiger partial charge in [-0.15, -0.1) is 0 Å². The van der Waals surface area contributed by atoms with Crippen molar-refractivity contribution in [3.8, 4) is 28.7 Å². The van der Waals surface area contributed by atoms with Crippen LogP contribution < -0.4 is 10.1 Å². The van der Waals surface area contributed by atoms with Crippen molar-refractivity contribution in [2.75, 3.05) is 25.1 Å². The summed E-state index contributed by atoms with van der Waals surface area (Å²) in [6.07, 6.45) is -0.0911. The molecule has 1 N–H and O–H groups in total. The second-order valence-corrected chi connectivity index (χ2v) is 8.37. The third-order valence-electron chi connectivity index (χ3n) is 5.03. The van der Waals surface area contributed by atoms with Gasteiger partial charge in [0.25, 0.3) is 5.89 Å². The van der Waals surface area contributed by atoms with E-state index in [0.717, 1.165) is 34.7 Å². The smallest absolute Gasteiger partial charge is 0.277 e. The number of rotatable bonds is 7. The molecule has 4 rings (SSSR count). The van der Waals surface area contributed by atoms with Gasteiger partial charge in [0.15, 0.2) is 5.79 Å². The number of anilines is 1. The molecule has 3 heterocycles. The molecule has 1 aromatic carbocycles. The molecule has 1 aliphatic rings. The summed E-state index contributed by atoms with van der Waals surface area (Å²) in [5, 5.41) is 7.27. The summed E-state index contributed by atoms with van der Waals surface area (Å²) in [5.74, 6) is 1.64. The number of benzene rings is 1. The largest absolute Gasteiger partial charge is 0.490 e. The molecular weight excluding hydrogens is 410 g/mol. The summed E-state index contributed by atoms with van der Waals surface area (Å²) in [6, 6.07) is 5.80. The van der Waals surface area contributed by atoms with Crippen LogP contribution in [0.2, 0.25) is 0 Å². The van der Waals surface area contributed by atoms with E-state index in [1.807, 2.05) is 59.7 Å². The Morgan fingerprint density at radius 1 is 1.09 bits per heavy atom. The van der Waals surface area contributed by atoms with Crippen molar-refractivity contribution in [1.29, 1.82) is 0 Å². The van der Waals surface area contributed by atoms with E-state index in [1.54, 1.807) is 0 Å². The van der Waals surface area contributed by atoms with Gasteiger partial charge >= 0.3 is 0 Å². The molecule has 0 spiro atoms. The zero-order valence-electron chi connectivity index (χ0n) is 19.4. The van der Waals surface area contributed by atoms with E-state index in [2.05, 4.69) is 25.4 Å². The average Bonchev–Trinajstić information content (AvgIpc) is 3.34. The van der Waals surface area contributed by atoms with Gasteiger partial charge in [0.1, 0.15) is 24.2 Å². The maximum atomic E-state index is 6.07. The van der Waals surface area contributed by atoms with Crippen molar-refractivity contribution in [3.63, 3.8) is 0 Å². The Bertz CT molecular complexity index is 1090. The van der Waals surface area contributed by atoms with Gasteiger partial charge in [0, 0.05) is 17.8 Å². The van der Waals surface area contributed by atoms with Crippen LogP contribution in [0.3, 0.4) is 0 Å². The number of aryl methyl sites for hydroxylation is 3. The molecule has 0 radical (unpaired) electrons. The zero-order chi connectivity index (χ0) is 22.9. The first-order valence-corrected chi connectivity index (χ1v) is 10.7. The van der Waals surface area contributed by atoms with Crippen molar-refractivity contribution >= 4 is 5.95 Å². The monoisotopic (exact) mass is 439 g/mol. The molecule has 9 heteroatoms. The van der Waals surface area contributed by atoms with E-state index in [0.29, 0.717) is 36.6 Å². The van der Waals surface area contributed by atoms with Crippen molar-refractivity contribution in [3.05, 3.63) is 35.0 Å². The minimum Gasteiger partial charge on any atom is -0.490 e. The van der Waals surface area contributed by atoms with E-state index >= 15 is 0 Å². The average molecular weight is 440 g/mol. The van der Waals surface area contributed by atoms with E-state index in [1.165, 1.54) is 0 Å². The lowest BCUT2D eigenvalue weighted by molar-refractivity contribution is -0.141. The van der Waals surface area contributed by atoms with Gasteiger partial charge < -0.3 is 24.1 Å². The van der Waals surface area contributed by atoms with E-state index in [4.69, 9.17) is 18.7 Å². The molecule has 1 unspecified atom stereocenters. The Morgan fingerprint density at radius 3 is 2.50 bits per heavy atom. The van der Waals surface area contributed by atoms with Crippen LogP contribution in [0.5, 0.6) is 5.75 Å². The van der Waals surface area contributed by atoms with Gasteiger partial charge in [-0.1, -0.05) is 5.16 Å². The van der Waals surface area contributed by atoms with Crippen LogP contribution in [0, 0.1) is 20.8 Å². The Hall–Kier alpha value is -3.04. The van der Waals surface area contributed by atoms with Crippen LogP contribution in [0.4, 0.5) is 5.95 Å². The molecule has 1 atom stereocenters. The van der Waals surface area contributed by atoms with Crippen LogP contribution in [0.1, 0.15) is 37.6 Å². The van der Waals surface area contributed by atoms with Crippen molar-refractivity contribution in [2.24, 2.45) is 0 Å². The maximum absolute atomic E-state index is 6.07. The minimum absolute atomic E-state index is 0.0911. The number of ether oxygens (including phenoxy) is 3. The first-order chi connectivity index (χ1) is 15.2. The second-order valence-electron chi connectivity index (χ2n) is 8.37. The number of hydrogen-bond acceptors (Lipinski definition) is 9. The molecule has 3 aromatic rings. The molecule has 170 valence electrons. The predicted octanol–water partition coefficient (Wildman–Crippen LogP) is 4.08. The second kappa shape index (κ2) is 8.84. The van der Waals surface area contributed by atoms with E-state index < -0.39 is 5.79 Å². The minimum atomic E-state index is -0.562. The highest BCUT2D eigenvalue weighted by Crippen LogP contribution is 2.31. The Balaban J connectivity index is 1.52. The normalized spacial score (nSPS) is 17.5. The first-order valence-electron chi connectivity index (χ1n) is 10.7. The maximum Gasteiger partial charge on any atom is 0.277 e. The Morgan fingerprint density at radius 2 is 1.84 bits per heavy atom. The lowest BCUT2D eigenvalue weighted by Crippen LogP contribution is -2.25. The van der Waals surface area contributed by atoms with Crippen LogP contribution in [0.25, 0.3) is 23.0 Å². The van der Waals surface area contributed by atoms with Gasteiger partial charge in [0.05, 0.1) is 6.61 Å². The molecule has 2 aromatic heterocycles. The third kappa shape index (κ3) is 4.89. The van der Waals surface area contributed by atoms with Crippen LogP contribution in [0.15, 0.2) is 22.7 Å². The number of nitrogens with one attached hydrogen (secondary N) is 1. The number of nitrogens with zero attached hydrogens (tertiary/aromatic N) is 4. The molecule has 0 amide bonds. The zero-order valence-corrected chi connectivity index (χ0v) is 19.4. The molecular formula is C23H29N5O4. The standard InChI is InChI=1S/C23H29N5O4/c1-7-24-22-25-15(4)10-18(26-22)21-27-20(28-32-21)16-8-13(2)19(14(3)9-16)29-11-17-12-30-23(5,6)31-17/h8-10,17H,7,11-12H2,1-6H3,(H,24,25,26). The molecule has 0 saturated carbocycles. The summed E-state index contributed by atoms with van der Waals surface area (Å²) in [7, 11) is 0. The fraction of sp³-hybridized carbons (Fsp3) is 0.478. The summed E-state index contributed by atoms with van der Waals surface area (Å²) in [4.78, 5) is 13.4. The molecule has 1 aliphatic heterocycles. The van der Waals surface area contributed by atoms with Crippen LogP contribution >= 0.6 is 0 Å². The topological polar surface area (TPSA) is 104 Å². The molecule has 1 saturated heterocycles. The third-order valence-corrected chi connectivity index (χ3v) is 5.03. The molecule has 1 fully saturated rings. The lowest BCUT2D eigenvalue weighted by Gasteiger charge is -2.18. The van der Waals surface area contributed by atoms with Gasteiger partial charge in [-0.2, -0.15) is 4.98 Å². The molecule has 0 aliphatic carbocycles. The van der Waals surface area contributed by atoms with Gasteiger partial charge in [0.2, 0.25) is 11.8 Å². The number of hydrogen-bond donors (Lipinski definition) is 1. The molecule has 9 nitrogen and oxygen atoms in total. The highest BCUT2D eigenvalue weighted by atomic mass is 16.7. The van der Waals surface area contributed by atoms with Crippen LogP contribution in [-0.4, -0.2) is 51.8 Å². The molecule has 0 bridgehead atoms. The SMILES string of the molecule is CCNc1nc(C)cc(-c2nc(-c3cc(C)c(OCC4COC(C)(C)O4)c(C)c3)no2)n1. The number of aromatic nitrogens is 4. The van der Waals surface area contributed by atoms with Crippen molar-refractivity contribution in [2.45, 2.75) is 53.4 Å². The predicted molar refractivity (Wildman–Crippen MR) is 120 cm³/mol. The summed E-state index contributed by atoms with van der Waals surface area (Å²) in [6.45, 7) is 13.4. The summed E-state index contributed by atoms with van der Waals surface area (Å²) in [5.41, 5.74) is 4.22. The first kappa shape index (κ1) is 22.2. The van der Waals surface area contributed by atoms with E-state index in [-0.39, 0.29) is 6.10 Å². The van der Waals surface area contributed by atoms with E-state index in [9.17, 15) is 0 Å². The Labute approximate surface area is 187 Å². The highest BCUT2D eigenvalue weighted by Gasteiger charge is 2.33. The van der Waals surface area contributed by atoms with Crippen molar-refractivity contribution in [1.82, 2.24) is 20.1 Å². The Kier molecular flexibility index (Phi) is 6.12. The van der Waals surface area contributed by atoms with Gasteiger partial charge in [-0.3, -0.25) is 0 Å². The summed E-state index contributed by atoms with van der Waals surface area (Å²) >= 11 is 0. The van der Waals surface area contributed by atoms with Gasteiger partial charge in [-0.25, -0.2) is 9.97 Å². The van der Waals surface area contributed by atoms with Crippen LogP contribution in [-0.2, 0) is 9.47 Å². The quantitative estimate of drug-likeness (QED) is 0.583. The van der Waals surface area contributed by atoms with Gasteiger partial charge in [-0.05, 0) is 70.9 Å². The summed E-state index contributed by atoms with van der Waals surface area (Å²) < 4.78 is 23.0.